The van der Waals surface area contributed by atoms with Crippen LogP contribution in [-0.2, 0) is 9.53 Å². The molecule has 2 atom stereocenters. The molecule has 0 saturated carbocycles. The first-order valence-electron chi connectivity index (χ1n) is 3.65. The summed E-state index contributed by atoms with van der Waals surface area (Å²) in [4.78, 5) is 19.1. The van der Waals surface area contributed by atoms with Gasteiger partial charge in [0.1, 0.15) is 0 Å². The molecule has 0 aliphatic heterocycles. The van der Waals surface area contributed by atoms with Crippen molar-refractivity contribution >= 4 is 47.0 Å². The van der Waals surface area contributed by atoms with Gasteiger partial charge in [0, 0.05) is 11.8 Å². The van der Waals surface area contributed by atoms with Crippen LogP contribution in [0.2, 0.25) is 0 Å². The van der Waals surface area contributed by atoms with Crippen LogP contribution in [-0.4, -0.2) is 43.9 Å². The van der Waals surface area contributed by atoms with Gasteiger partial charge in [-0.1, -0.05) is 23.2 Å². The van der Waals surface area contributed by atoms with Gasteiger partial charge in [-0.2, -0.15) is 4.42 Å². The Bertz CT molecular complexity index is 261. The van der Waals surface area contributed by atoms with E-state index in [-0.39, 0.29) is 11.0 Å². The number of ether oxygens (including phenoxy) is 1. The maximum absolute atomic E-state index is 11.1. The van der Waals surface area contributed by atoms with E-state index in [1.807, 2.05) is 0 Å². The normalized spacial score (nSPS) is 16.3. The number of carboxylic acid groups (broad SMARTS) is 1. The molecule has 2 unspecified atom stereocenters. The maximum atomic E-state index is 11.1. The molecule has 0 aromatic carbocycles. The summed E-state index contributed by atoms with van der Waals surface area (Å²) in [5.74, 6) is -1.78. The summed E-state index contributed by atoms with van der Waals surface area (Å²) < 4.78 is 4.37. The number of carbonyl (C=O) groups excluding carboxylic acids is 1. The number of alkyl halides is 2. The van der Waals surface area contributed by atoms with E-state index in [0.717, 1.165) is 0 Å². The number of aliphatic hydroxyl groups excluding tert-OH is 1. The maximum Gasteiger partial charge on any atom is 0.426 e. The number of aliphatic hydroxyl groups is 1. The van der Waals surface area contributed by atoms with E-state index >= 15 is 0 Å². The third-order valence-electron chi connectivity index (χ3n) is 1.33. The van der Waals surface area contributed by atoms with Crippen molar-refractivity contribution in [1.82, 2.24) is 4.42 Å². The van der Waals surface area contributed by atoms with Gasteiger partial charge in [0.15, 0.2) is 5.56 Å². The highest BCUT2D eigenvalue weighted by atomic mass is 35.5. The number of hydrogen-bond acceptors (Lipinski definition) is 4. The Balaban J connectivity index is 4.94. The second-order valence-corrected chi connectivity index (χ2v) is 3.62. The first-order valence-corrected chi connectivity index (χ1v) is 4.80. The molecule has 0 aromatic heterocycles. The monoisotopic (exact) mass is 279 g/mol. The second kappa shape index (κ2) is 5.60. The molecular weight excluding hydrogens is 272 g/mol. The second-order valence-electron chi connectivity index (χ2n) is 2.29. The van der Waals surface area contributed by atoms with Crippen LogP contribution in [0.5, 0.6) is 0 Å². The number of rotatable bonds is 4. The van der Waals surface area contributed by atoms with Crippen LogP contribution >= 0.6 is 35.0 Å². The number of hydrogen-bond donors (Lipinski definition) is 2. The van der Waals surface area contributed by atoms with Crippen molar-refractivity contribution < 1.29 is 24.5 Å². The minimum atomic E-state index is -2.69. The molecule has 0 aliphatic rings. The van der Waals surface area contributed by atoms with Gasteiger partial charge in [0.2, 0.25) is 0 Å². The summed E-state index contributed by atoms with van der Waals surface area (Å²) in [5.41, 5.74) is -2.10. The number of aliphatic carboxylic acids is 1. The largest absolute Gasteiger partial charge is 0.478 e. The highest BCUT2D eigenvalue weighted by Gasteiger charge is 2.52. The lowest BCUT2D eigenvalue weighted by atomic mass is 10.3. The summed E-state index contributed by atoms with van der Waals surface area (Å²) in [6.45, 7) is 1.45. The number of halogens is 3. The standard InChI is InChI=1S/C6H8Cl3NO5/c1-2-15-5(14)10(9)6(8,3(7)11)4(12)13/h3,11H,2H2,1H3,(H,12,13). The molecule has 0 saturated heterocycles. The third-order valence-corrected chi connectivity index (χ3v) is 2.79. The molecule has 0 bridgehead atoms. The van der Waals surface area contributed by atoms with Crippen molar-refractivity contribution in [2.75, 3.05) is 6.61 Å². The summed E-state index contributed by atoms with van der Waals surface area (Å²) in [5, 5.41) is 17.6. The lowest BCUT2D eigenvalue weighted by Gasteiger charge is -2.29. The van der Waals surface area contributed by atoms with Crippen molar-refractivity contribution in [2.24, 2.45) is 0 Å². The third kappa shape index (κ3) is 3.01. The average molecular weight is 280 g/mol. The van der Waals surface area contributed by atoms with E-state index in [2.05, 4.69) is 4.74 Å². The zero-order chi connectivity index (χ0) is 12.2. The molecule has 6 nitrogen and oxygen atoms in total. The van der Waals surface area contributed by atoms with Crippen LogP contribution in [0, 0.1) is 0 Å². The molecule has 0 heterocycles. The summed E-state index contributed by atoms with van der Waals surface area (Å²) in [6.07, 6.45) is -1.23. The van der Waals surface area contributed by atoms with Crippen LogP contribution in [0.25, 0.3) is 0 Å². The molecule has 1 amide bonds. The van der Waals surface area contributed by atoms with Crippen molar-refractivity contribution in [2.45, 2.75) is 17.5 Å². The van der Waals surface area contributed by atoms with Crippen LogP contribution in [0.15, 0.2) is 0 Å². The molecule has 2 N–H and O–H groups in total. The zero-order valence-corrected chi connectivity index (χ0v) is 9.75. The first kappa shape index (κ1) is 14.6. The van der Waals surface area contributed by atoms with E-state index in [4.69, 9.17) is 45.2 Å². The van der Waals surface area contributed by atoms with Crippen LogP contribution in [0.3, 0.4) is 0 Å². The van der Waals surface area contributed by atoms with Crippen molar-refractivity contribution in [3.05, 3.63) is 0 Å². The van der Waals surface area contributed by atoms with E-state index in [9.17, 15) is 9.59 Å². The van der Waals surface area contributed by atoms with Crippen LogP contribution in [0.1, 0.15) is 6.92 Å². The molecular formula is C6H8Cl3NO5. The minimum absolute atomic E-state index is 0.0158. The Labute approximate surface area is 100 Å². The topological polar surface area (TPSA) is 87.1 Å². The van der Waals surface area contributed by atoms with Gasteiger partial charge in [-0.3, -0.25) is 0 Å². The van der Waals surface area contributed by atoms with Gasteiger partial charge < -0.3 is 14.9 Å². The fourth-order valence-corrected chi connectivity index (χ4v) is 1.12. The lowest BCUT2D eigenvalue weighted by molar-refractivity contribution is -0.145. The summed E-state index contributed by atoms with van der Waals surface area (Å²) in [7, 11) is 0. The van der Waals surface area contributed by atoms with Crippen LogP contribution < -0.4 is 0 Å². The molecule has 15 heavy (non-hydrogen) atoms. The molecule has 0 radical (unpaired) electrons. The highest BCUT2D eigenvalue weighted by molar-refractivity contribution is 6.43. The van der Waals surface area contributed by atoms with Gasteiger partial charge in [-0.15, -0.1) is 0 Å². The number of carboxylic acids is 1. The molecule has 9 heteroatoms. The highest BCUT2D eigenvalue weighted by Crippen LogP contribution is 2.30. The molecule has 0 spiro atoms. The number of carbonyl (C=O) groups is 2. The Morgan fingerprint density at radius 3 is 2.33 bits per heavy atom. The van der Waals surface area contributed by atoms with Gasteiger partial charge in [-0.25, -0.2) is 9.59 Å². The first-order chi connectivity index (χ1) is 6.78. The van der Waals surface area contributed by atoms with Gasteiger partial charge >= 0.3 is 12.1 Å². The van der Waals surface area contributed by atoms with E-state index < -0.39 is 22.6 Å². The SMILES string of the molecule is CCOC(=O)N(Cl)C(Cl)(C(=O)O)C(O)Cl. The van der Waals surface area contributed by atoms with Crippen LogP contribution in [0.4, 0.5) is 4.79 Å². The molecule has 88 valence electrons. The molecule has 0 fully saturated rings. The Hall–Kier alpha value is -0.430. The molecule has 0 aliphatic carbocycles. The Morgan fingerprint density at radius 2 is 2.07 bits per heavy atom. The quantitative estimate of drug-likeness (QED) is 0.459. The lowest BCUT2D eigenvalue weighted by Crippen LogP contribution is -2.54. The van der Waals surface area contributed by atoms with Crippen molar-refractivity contribution in [1.29, 1.82) is 0 Å². The predicted octanol–water partition coefficient (Wildman–Crippen LogP) is 1.18. The zero-order valence-electron chi connectivity index (χ0n) is 7.48. The fraction of sp³-hybridized carbons (Fsp3) is 0.667. The van der Waals surface area contributed by atoms with Crippen molar-refractivity contribution in [3.63, 3.8) is 0 Å². The van der Waals surface area contributed by atoms with E-state index in [1.54, 1.807) is 0 Å². The number of amides is 1. The summed E-state index contributed by atoms with van der Waals surface area (Å²) >= 11 is 15.8. The minimum Gasteiger partial charge on any atom is -0.478 e. The summed E-state index contributed by atoms with van der Waals surface area (Å²) in [6, 6.07) is 0. The van der Waals surface area contributed by atoms with Crippen molar-refractivity contribution in [3.8, 4) is 0 Å². The Kier molecular flexibility index (Phi) is 5.44. The molecule has 0 aromatic rings. The van der Waals surface area contributed by atoms with Gasteiger partial charge in [0.05, 0.1) is 6.61 Å². The van der Waals surface area contributed by atoms with E-state index in [1.165, 1.54) is 6.92 Å². The molecule has 0 rings (SSSR count). The fourth-order valence-electron chi connectivity index (χ4n) is 0.592. The Morgan fingerprint density at radius 1 is 1.60 bits per heavy atom. The number of nitrogens with zero attached hydrogens (tertiary/aromatic N) is 1. The van der Waals surface area contributed by atoms with Gasteiger partial charge in [-0.05, 0) is 6.92 Å². The smallest absolute Gasteiger partial charge is 0.426 e. The van der Waals surface area contributed by atoms with E-state index in [0.29, 0.717) is 0 Å². The van der Waals surface area contributed by atoms with Gasteiger partial charge in [0.25, 0.3) is 5.00 Å². The average Bonchev–Trinajstić information content (AvgIpc) is 2.15. The predicted molar refractivity (Wildman–Crippen MR) is 52.8 cm³/mol.